The average molecular weight is 300 g/mol. The molecule has 1 N–H and O–H groups in total. The molecule has 0 saturated carbocycles. The van der Waals surface area contributed by atoms with Crippen molar-refractivity contribution in [3.8, 4) is 6.07 Å². The van der Waals surface area contributed by atoms with E-state index in [1.807, 2.05) is 0 Å². The highest BCUT2D eigenvalue weighted by atomic mass is 19.4. The molecule has 0 aliphatic carbocycles. The number of nitriles is 1. The van der Waals surface area contributed by atoms with Gasteiger partial charge in [0.15, 0.2) is 5.41 Å². The molecule has 2 rings (SSSR count). The van der Waals surface area contributed by atoms with E-state index in [1.165, 1.54) is 6.07 Å². The van der Waals surface area contributed by atoms with Crippen LogP contribution in [0.25, 0.3) is 0 Å². The fourth-order valence-electron chi connectivity index (χ4n) is 2.26. The molecule has 1 aromatic heterocycles. The molecule has 1 aliphatic heterocycles. The maximum atomic E-state index is 13.1. The van der Waals surface area contributed by atoms with Gasteiger partial charge in [0.2, 0.25) is 5.95 Å². The molecule has 21 heavy (non-hydrogen) atoms. The van der Waals surface area contributed by atoms with E-state index < -0.39 is 30.5 Å². The van der Waals surface area contributed by atoms with Gasteiger partial charge in [0, 0.05) is 18.8 Å². The molecule has 1 aromatic rings. The van der Waals surface area contributed by atoms with Gasteiger partial charge in [0.05, 0.1) is 0 Å². The second kappa shape index (κ2) is 4.87. The average Bonchev–Trinajstić information content (AvgIpc) is 2.83. The van der Waals surface area contributed by atoms with Crippen molar-refractivity contribution in [2.24, 2.45) is 5.41 Å². The van der Waals surface area contributed by atoms with Gasteiger partial charge in [-0.2, -0.15) is 18.4 Å². The van der Waals surface area contributed by atoms with Crippen LogP contribution in [0.5, 0.6) is 0 Å². The van der Waals surface area contributed by atoms with E-state index in [4.69, 9.17) is 10.4 Å². The third kappa shape index (κ3) is 2.49. The minimum atomic E-state index is -4.87. The quantitative estimate of drug-likeness (QED) is 0.890. The molecular formula is C12H11F3N4O2. The van der Waals surface area contributed by atoms with Crippen molar-refractivity contribution in [2.45, 2.75) is 19.5 Å². The number of carboxylic acid groups (broad SMARTS) is 1. The van der Waals surface area contributed by atoms with Crippen LogP contribution < -0.4 is 4.90 Å². The summed E-state index contributed by atoms with van der Waals surface area (Å²) in [4.78, 5) is 20.1. The largest absolute Gasteiger partial charge is 0.481 e. The number of nitrogens with zero attached hydrogens (tertiary/aromatic N) is 4. The summed E-state index contributed by atoms with van der Waals surface area (Å²) in [5.41, 5.74) is -2.37. The molecule has 0 radical (unpaired) electrons. The van der Waals surface area contributed by atoms with Crippen LogP contribution in [0.1, 0.15) is 17.8 Å². The van der Waals surface area contributed by atoms with Gasteiger partial charge in [-0.05, 0) is 19.4 Å². The van der Waals surface area contributed by atoms with Crippen molar-refractivity contribution in [1.82, 2.24) is 9.97 Å². The number of hydrogen-bond acceptors (Lipinski definition) is 5. The topological polar surface area (TPSA) is 90.1 Å². The smallest absolute Gasteiger partial charge is 0.406 e. The number of hydrogen-bond donors (Lipinski definition) is 1. The van der Waals surface area contributed by atoms with Gasteiger partial charge < -0.3 is 10.0 Å². The Bertz CT molecular complexity index is 626. The molecule has 1 atom stereocenters. The van der Waals surface area contributed by atoms with Crippen LogP contribution in [-0.4, -0.2) is 40.3 Å². The summed E-state index contributed by atoms with van der Waals surface area (Å²) in [7, 11) is 0. The summed E-state index contributed by atoms with van der Waals surface area (Å²) >= 11 is 0. The van der Waals surface area contributed by atoms with E-state index in [0.717, 1.165) is 4.90 Å². The number of carboxylic acids is 1. The number of aromatic nitrogens is 2. The van der Waals surface area contributed by atoms with Gasteiger partial charge in [0.1, 0.15) is 11.8 Å². The number of anilines is 1. The summed E-state index contributed by atoms with van der Waals surface area (Å²) in [5, 5.41) is 17.8. The van der Waals surface area contributed by atoms with Gasteiger partial charge in [-0.1, -0.05) is 0 Å². The molecule has 1 unspecified atom stereocenters. The first-order valence-corrected chi connectivity index (χ1v) is 6.00. The van der Waals surface area contributed by atoms with Crippen LogP contribution in [0.3, 0.4) is 0 Å². The minimum absolute atomic E-state index is 0.0253. The Morgan fingerprint density at radius 3 is 2.67 bits per heavy atom. The van der Waals surface area contributed by atoms with Crippen LogP contribution in [0, 0.1) is 23.7 Å². The lowest BCUT2D eigenvalue weighted by Crippen LogP contribution is -2.47. The van der Waals surface area contributed by atoms with Crippen molar-refractivity contribution in [2.75, 3.05) is 18.0 Å². The third-order valence-corrected chi connectivity index (χ3v) is 3.46. The highest BCUT2D eigenvalue weighted by molar-refractivity contribution is 5.77. The molecule has 6 nitrogen and oxygen atoms in total. The maximum Gasteiger partial charge on any atom is 0.406 e. The van der Waals surface area contributed by atoms with Gasteiger partial charge >= 0.3 is 12.1 Å². The Morgan fingerprint density at radius 1 is 1.52 bits per heavy atom. The van der Waals surface area contributed by atoms with Gasteiger partial charge in [0.25, 0.3) is 0 Å². The summed E-state index contributed by atoms with van der Waals surface area (Å²) in [5.74, 6) is -1.97. The summed E-state index contributed by atoms with van der Waals surface area (Å²) in [6, 6.07) is 3.19. The van der Waals surface area contributed by atoms with E-state index in [2.05, 4.69) is 9.97 Å². The molecule has 9 heteroatoms. The molecule has 0 bridgehead atoms. The first-order valence-electron chi connectivity index (χ1n) is 6.00. The normalized spacial score (nSPS) is 22.1. The second-order valence-electron chi connectivity index (χ2n) is 4.86. The molecule has 112 valence electrons. The van der Waals surface area contributed by atoms with Crippen LogP contribution in [0.2, 0.25) is 0 Å². The molecule has 0 spiro atoms. The van der Waals surface area contributed by atoms with Crippen molar-refractivity contribution in [3.05, 3.63) is 17.5 Å². The second-order valence-corrected chi connectivity index (χ2v) is 4.86. The number of aliphatic carboxylic acids is 1. The molecule has 1 fully saturated rings. The fraction of sp³-hybridized carbons (Fsp3) is 0.500. The minimum Gasteiger partial charge on any atom is -0.481 e. The SMILES string of the molecule is Cc1cc(C#N)nc(N2CCC(C(=O)O)(C(F)(F)F)C2)n1. The number of aryl methyl sites for hydroxylation is 1. The third-order valence-electron chi connectivity index (χ3n) is 3.46. The van der Waals surface area contributed by atoms with Gasteiger partial charge in [-0.3, -0.25) is 4.79 Å². The number of alkyl halides is 3. The Morgan fingerprint density at radius 2 is 2.19 bits per heavy atom. The zero-order valence-electron chi connectivity index (χ0n) is 11.0. The van der Waals surface area contributed by atoms with E-state index in [1.54, 1.807) is 13.0 Å². The van der Waals surface area contributed by atoms with E-state index in [0.29, 0.717) is 5.69 Å². The van der Waals surface area contributed by atoms with Crippen LogP contribution in [0.4, 0.5) is 19.1 Å². The predicted molar refractivity (Wildman–Crippen MR) is 64.4 cm³/mol. The fourth-order valence-corrected chi connectivity index (χ4v) is 2.26. The lowest BCUT2D eigenvalue weighted by molar-refractivity contribution is -0.225. The number of carbonyl (C=O) groups is 1. The molecule has 0 aromatic carbocycles. The van der Waals surface area contributed by atoms with Gasteiger partial charge in [-0.25, -0.2) is 9.97 Å². The first-order chi connectivity index (χ1) is 9.69. The van der Waals surface area contributed by atoms with E-state index in [9.17, 15) is 18.0 Å². The highest BCUT2D eigenvalue weighted by Crippen LogP contribution is 2.46. The standard InChI is InChI=1S/C12H11F3N4O2/c1-7-4-8(5-16)18-10(17-7)19-3-2-11(6-19,9(20)21)12(13,14)15/h4H,2-3,6H2,1H3,(H,20,21). The summed E-state index contributed by atoms with van der Waals surface area (Å²) in [6.07, 6.45) is -5.44. The van der Waals surface area contributed by atoms with Crippen molar-refractivity contribution in [1.29, 1.82) is 5.26 Å². The molecule has 0 amide bonds. The van der Waals surface area contributed by atoms with Crippen LogP contribution in [0.15, 0.2) is 6.07 Å². The zero-order chi connectivity index (χ0) is 15.8. The molecule has 1 saturated heterocycles. The van der Waals surface area contributed by atoms with Crippen LogP contribution >= 0.6 is 0 Å². The van der Waals surface area contributed by atoms with E-state index >= 15 is 0 Å². The number of rotatable bonds is 2. The van der Waals surface area contributed by atoms with Crippen molar-refractivity contribution in [3.63, 3.8) is 0 Å². The van der Waals surface area contributed by atoms with Crippen molar-refractivity contribution < 1.29 is 23.1 Å². The Hall–Kier alpha value is -2.37. The Kier molecular flexibility index (Phi) is 3.49. The maximum absolute atomic E-state index is 13.1. The molecule has 2 heterocycles. The Labute approximate surface area is 117 Å². The zero-order valence-corrected chi connectivity index (χ0v) is 11.0. The first kappa shape index (κ1) is 15.0. The van der Waals surface area contributed by atoms with Gasteiger partial charge in [-0.15, -0.1) is 0 Å². The Balaban J connectivity index is 2.36. The monoisotopic (exact) mass is 300 g/mol. The lowest BCUT2D eigenvalue weighted by Gasteiger charge is -2.27. The molecular weight excluding hydrogens is 289 g/mol. The lowest BCUT2D eigenvalue weighted by atomic mass is 9.86. The van der Waals surface area contributed by atoms with E-state index in [-0.39, 0.29) is 18.2 Å². The van der Waals surface area contributed by atoms with Crippen LogP contribution in [-0.2, 0) is 4.79 Å². The highest BCUT2D eigenvalue weighted by Gasteiger charge is 2.64. The summed E-state index contributed by atoms with van der Waals surface area (Å²) < 4.78 is 39.2. The number of halogens is 3. The summed E-state index contributed by atoms with van der Waals surface area (Å²) in [6.45, 7) is 0.677. The predicted octanol–water partition coefficient (Wildman–Crippen LogP) is 1.50. The van der Waals surface area contributed by atoms with Crippen molar-refractivity contribution >= 4 is 11.9 Å². The molecule has 1 aliphatic rings.